The van der Waals surface area contributed by atoms with Crippen LogP contribution < -0.4 is 0 Å². The molecule has 2 aromatic rings. The summed E-state index contributed by atoms with van der Waals surface area (Å²) in [5.41, 5.74) is -0.0289. The molecule has 0 amide bonds. The minimum Gasteiger partial charge on any atom is -0.477 e. The lowest BCUT2D eigenvalue weighted by atomic mass is 9.89. The molecule has 0 saturated heterocycles. The first-order valence-electron chi connectivity index (χ1n) is 8.82. The minimum absolute atomic E-state index is 0.0845. The molecule has 0 fully saturated rings. The summed E-state index contributed by atoms with van der Waals surface area (Å²) in [5, 5.41) is 9.73. The maximum Gasteiger partial charge on any atom is 0.354 e. The molecule has 1 atom stereocenters. The summed E-state index contributed by atoms with van der Waals surface area (Å²) in [6, 6.07) is 4.03. The highest BCUT2D eigenvalue weighted by atomic mass is 35.5. The number of carbonyl (C=O) groups excluding carboxylic acids is 1. The third-order valence-corrected chi connectivity index (χ3v) is 4.46. The zero-order chi connectivity index (χ0) is 22.1. The highest BCUT2D eigenvalue weighted by molar-refractivity contribution is 6.30. The fraction of sp³-hybridized carbons (Fsp3) is 0.381. The van der Waals surface area contributed by atoms with Crippen LogP contribution in [0.4, 0.5) is 4.39 Å². The van der Waals surface area contributed by atoms with E-state index in [9.17, 15) is 19.1 Å². The van der Waals surface area contributed by atoms with Gasteiger partial charge in [0.2, 0.25) is 0 Å². The molecule has 1 N–H and O–H groups in total. The molecule has 8 heteroatoms. The first-order chi connectivity index (χ1) is 13.4. The van der Waals surface area contributed by atoms with E-state index in [1.54, 1.807) is 27.7 Å². The van der Waals surface area contributed by atoms with Gasteiger partial charge in [-0.05, 0) is 63.9 Å². The maximum atomic E-state index is 14.8. The van der Waals surface area contributed by atoms with Crippen molar-refractivity contribution in [2.45, 2.75) is 46.3 Å². The van der Waals surface area contributed by atoms with Crippen LogP contribution in [0.15, 0.2) is 18.2 Å². The minimum atomic E-state index is -1.26. The van der Waals surface area contributed by atoms with E-state index in [4.69, 9.17) is 21.1 Å². The Balaban J connectivity index is 2.94. The largest absolute Gasteiger partial charge is 0.477 e. The Morgan fingerprint density at radius 3 is 2.34 bits per heavy atom. The van der Waals surface area contributed by atoms with Crippen LogP contribution in [-0.2, 0) is 14.3 Å². The fourth-order valence-electron chi connectivity index (χ4n) is 3.07. The molecule has 0 saturated carbocycles. The lowest BCUT2D eigenvalue weighted by Crippen LogP contribution is -2.30. The number of hydrogen-bond acceptors (Lipinski definition) is 5. The molecule has 0 aliphatic rings. The molecule has 29 heavy (non-hydrogen) atoms. The van der Waals surface area contributed by atoms with E-state index in [2.05, 4.69) is 4.98 Å². The van der Waals surface area contributed by atoms with Gasteiger partial charge in [0.1, 0.15) is 5.82 Å². The van der Waals surface area contributed by atoms with Crippen LogP contribution in [0.25, 0.3) is 11.1 Å². The quantitative estimate of drug-likeness (QED) is 0.689. The number of carboxylic acid groups (broad SMARTS) is 1. The first kappa shape index (κ1) is 22.8. The van der Waals surface area contributed by atoms with Gasteiger partial charge in [-0.1, -0.05) is 11.6 Å². The molecule has 1 aromatic carbocycles. The van der Waals surface area contributed by atoms with Gasteiger partial charge in [-0.15, -0.1) is 0 Å². The van der Waals surface area contributed by atoms with Gasteiger partial charge in [0.25, 0.3) is 0 Å². The highest BCUT2D eigenvalue weighted by Gasteiger charge is 2.34. The van der Waals surface area contributed by atoms with Gasteiger partial charge in [-0.25, -0.2) is 19.0 Å². The molecule has 156 valence electrons. The van der Waals surface area contributed by atoms with Gasteiger partial charge in [0.05, 0.1) is 12.7 Å². The van der Waals surface area contributed by atoms with Crippen LogP contribution in [0.2, 0.25) is 5.02 Å². The molecule has 0 unspecified atom stereocenters. The van der Waals surface area contributed by atoms with Crippen molar-refractivity contribution >= 4 is 23.5 Å². The van der Waals surface area contributed by atoms with Crippen LogP contribution in [0.1, 0.15) is 54.2 Å². The van der Waals surface area contributed by atoms with Crippen molar-refractivity contribution in [3.63, 3.8) is 0 Å². The molecule has 6 nitrogen and oxygen atoms in total. The van der Waals surface area contributed by atoms with Gasteiger partial charge >= 0.3 is 11.9 Å². The average Bonchev–Trinajstić information content (AvgIpc) is 2.60. The summed E-state index contributed by atoms with van der Waals surface area (Å²) in [4.78, 5) is 28.4. The number of carbonyl (C=O) groups is 2. The molecule has 0 bridgehead atoms. The van der Waals surface area contributed by atoms with E-state index in [-0.39, 0.29) is 38.7 Å². The van der Waals surface area contributed by atoms with Crippen LogP contribution in [-0.4, -0.2) is 34.7 Å². The number of benzene rings is 1. The standard InChI is InChI=1S/C21H23ClFNO5/c1-10-15(13-8-7-12(22)9-14(13)23)16(11(2)24-17(10)19(25)26)18(20(27)28-6)29-21(3,4)5/h7-9,18H,1-6H3,(H,25,26)/t18-/m0/s1. The maximum absolute atomic E-state index is 14.8. The van der Waals surface area contributed by atoms with Crippen molar-refractivity contribution in [3.8, 4) is 11.1 Å². The third kappa shape index (κ3) is 4.92. The normalized spacial score (nSPS) is 12.6. The Morgan fingerprint density at radius 1 is 1.24 bits per heavy atom. The SMILES string of the molecule is COC(=O)[C@@H](OC(C)(C)C)c1c(C)nc(C(=O)O)c(C)c1-c1ccc(Cl)cc1F. The second-order valence-electron chi connectivity index (χ2n) is 7.52. The topological polar surface area (TPSA) is 85.7 Å². The second kappa shape index (κ2) is 8.47. The molecule has 0 aliphatic carbocycles. The summed E-state index contributed by atoms with van der Waals surface area (Å²) < 4.78 is 25.7. The molecule has 1 heterocycles. The summed E-state index contributed by atoms with van der Waals surface area (Å²) >= 11 is 5.87. The number of rotatable bonds is 5. The van der Waals surface area contributed by atoms with E-state index in [0.29, 0.717) is 0 Å². The Morgan fingerprint density at radius 2 is 1.86 bits per heavy atom. The Bertz CT molecular complexity index is 969. The van der Waals surface area contributed by atoms with Gasteiger partial charge in [0.15, 0.2) is 11.8 Å². The van der Waals surface area contributed by atoms with Crippen molar-refractivity contribution in [1.29, 1.82) is 0 Å². The molecular weight excluding hydrogens is 401 g/mol. The van der Waals surface area contributed by atoms with Crippen molar-refractivity contribution in [3.05, 3.63) is 51.6 Å². The van der Waals surface area contributed by atoms with Crippen molar-refractivity contribution in [2.75, 3.05) is 7.11 Å². The van der Waals surface area contributed by atoms with E-state index in [1.165, 1.54) is 26.2 Å². The molecule has 0 spiro atoms. The van der Waals surface area contributed by atoms with Gasteiger partial charge in [-0.2, -0.15) is 0 Å². The Labute approximate surface area is 173 Å². The van der Waals surface area contributed by atoms with E-state index >= 15 is 0 Å². The monoisotopic (exact) mass is 423 g/mol. The fourth-order valence-corrected chi connectivity index (χ4v) is 3.23. The van der Waals surface area contributed by atoms with Gasteiger partial charge in [-0.3, -0.25) is 0 Å². The summed E-state index contributed by atoms with van der Waals surface area (Å²) in [7, 11) is 1.21. The van der Waals surface area contributed by atoms with Gasteiger partial charge < -0.3 is 14.6 Å². The number of hydrogen-bond donors (Lipinski definition) is 1. The highest BCUT2D eigenvalue weighted by Crippen LogP contribution is 2.39. The van der Waals surface area contributed by atoms with Crippen LogP contribution in [0.3, 0.4) is 0 Å². The predicted octanol–water partition coefficient (Wildman–Crippen LogP) is 4.89. The lowest BCUT2D eigenvalue weighted by Gasteiger charge is -2.29. The number of aromatic nitrogens is 1. The number of aryl methyl sites for hydroxylation is 1. The van der Waals surface area contributed by atoms with Crippen molar-refractivity contribution in [1.82, 2.24) is 4.98 Å². The third-order valence-electron chi connectivity index (χ3n) is 4.22. The Hall–Kier alpha value is -2.51. The first-order valence-corrected chi connectivity index (χ1v) is 9.20. The number of carboxylic acids is 1. The smallest absolute Gasteiger partial charge is 0.354 e. The molecular formula is C21H23ClFNO5. The number of nitrogens with zero attached hydrogens (tertiary/aromatic N) is 1. The number of esters is 1. The second-order valence-corrected chi connectivity index (χ2v) is 7.96. The number of halogens is 2. The zero-order valence-corrected chi connectivity index (χ0v) is 17.8. The number of pyridine rings is 1. The molecule has 1 aromatic heterocycles. The van der Waals surface area contributed by atoms with E-state index in [1.807, 2.05) is 0 Å². The Kier molecular flexibility index (Phi) is 6.65. The number of ether oxygens (including phenoxy) is 2. The predicted molar refractivity (Wildman–Crippen MR) is 107 cm³/mol. The van der Waals surface area contributed by atoms with Crippen LogP contribution in [0, 0.1) is 19.7 Å². The number of aromatic carboxylic acids is 1. The van der Waals surface area contributed by atoms with Crippen LogP contribution >= 0.6 is 11.6 Å². The number of methoxy groups -OCH3 is 1. The molecule has 2 rings (SSSR count). The summed E-state index contributed by atoms with van der Waals surface area (Å²) in [6.45, 7) is 8.32. The zero-order valence-electron chi connectivity index (χ0n) is 17.1. The van der Waals surface area contributed by atoms with Gasteiger partial charge in [0, 0.05) is 21.8 Å². The average molecular weight is 424 g/mol. The van der Waals surface area contributed by atoms with Crippen LogP contribution in [0.5, 0.6) is 0 Å². The lowest BCUT2D eigenvalue weighted by molar-refractivity contribution is -0.164. The molecule has 0 aliphatic heterocycles. The van der Waals surface area contributed by atoms with Crippen molar-refractivity contribution in [2.24, 2.45) is 0 Å². The summed E-state index contributed by atoms with van der Waals surface area (Å²) in [5.74, 6) is -2.63. The van der Waals surface area contributed by atoms with Crippen molar-refractivity contribution < 1.29 is 28.6 Å². The van der Waals surface area contributed by atoms with E-state index in [0.717, 1.165) is 6.07 Å². The summed E-state index contributed by atoms with van der Waals surface area (Å²) in [6.07, 6.45) is -1.24. The van der Waals surface area contributed by atoms with E-state index < -0.39 is 29.5 Å². The molecule has 0 radical (unpaired) electrons.